The highest BCUT2D eigenvalue weighted by molar-refractivity contribution is 5.79. The summed E-state index contributed by atoms with van der Waals surface area (Å²) < 4.78 is 0. The molecule has 0 aromatic rings. The van der Waals surface area contributed by atoms with Crippen LogP contribution in [0.15, 0.2) is 0 Å². The number of carbonyl (C=O) groups is 1. The number of hydrogen-bond donors (Lipinski definition) is 2. The third kappa shape index (κ3) is 0.654. The Morgan fingerprint density at radius 3 is 2.23 bits per heavy atom. The molecule has 0 aromatic heterocycles. The molecule has 3 nitrogen and oxygen atoms in total. The van der Waals surface area contributed by atoms with Crippen molar-refractivity contribution in [2.75, 3.05) is 6.61 Å². The number of aliphatic hydroxyl groups is 1. The first-order chi connectivity index (χ1) is 5.92. The third-order valence-electron chi connectivity index (χ3n) is 4.90. The van der Waals surface area contributed by atoms with Gasteiger partial charge in [0.25, 0.3) is 0 Å². The summed E-state index contributed by atoms with van der Waals surface area (Å²) in [6, 6.07) is 0. The number of aliphatic carboxylic acids is 1. The summed E-state index contributed by atoms with van der Waals surface area (Å²) in [5.74, 6) is -0.681. The van der Waals surface area contributed by atoms with Crippen LogP contribution in [0.3, 0.4) is 0 Å². The molecule has 3 saturated carbocycles. The van der Waals surface area contributed by atoms with Crippen LogP contribution < -0.4 is 0 Å². The monoisotopic (exact) mass is 184 g/mol. The van der Waals surface area contributed by atoms with Crippen molar-refractivity contribution in [1.29, 1.82) is 0 Å². The summed E-state index contributed by atoms with van der Waals surface area (Å²) in [5, 5.41) is 18.5. The molecule has 0 spiro atoms. The lowest BCUT2D eigenvalue weighted by atomic mass is 9.43. The van der Waals surface area contributed by atoms with Gasteiger partial charge in [0.2, 0.25) is 0 Å². The zero-order chi connectivity index (χ0) is 9.91. The second-order valence-corrected chi connectivity index (χ2v) is 5.13. The molecule has 74 valence electrons. The Kier molecular flexibility index (Phi) is 1.44. The van der Waals surface area contributed by atoms with Crippen molar-refractivity contribution in [3.63, 3.8) is 0 Å². The SMILES string of the molecule is CC1(C)[C@@]2(CO)CC[C@@]1(C(=O)O)C2. The van der Waals surface area contributed by atoms with Crippen molar-refractivity contribution < 1.29 is 15.0 Å². The molecule has 0 radical (unpaired) electrons. The van der Waals surface area contributed by atoms with Crippen LogP contribution in [0.1, 0.15) is 33.1 Å². The number of hydrogen-bond acceptors (Lipinski definition) is 2. The summed E-state index contributed by atoms with van der Waals surface area (Å²) in [5.41, 5.74) is -0.887. The largest absolute Gasteiger partial charge is 0.481 e. The summed E-state index contributed by atoms with van der Waals surface area (Å²) in [7, 11) is 0. The fraction of sp³-hybridized carbons (Fsp3) is 0.900. The van der Waals surface area contributed by atoms with Crippen LogP contribution in [0.25, 0.3) is 0 Å². The van der Waals surface area contributed by atoms with E-state index in [-0.39, 0.29) is 17.4 Å². The molecule has 0 aromatic carbocycles. The molecule has 13 heavy (non-hydrogen) atoms. The molecule has 0 amide bonds. The normalized spacial score (nSPS) is 45.8. The zero-order valence-electron chi connectivity index (χ0n) is 8.13. The third-order valence-corrected chi connectivity index (χ3v) is 4.90. The predicted octanol–water partition coefficient (Wildman–Crippen LogP) is 1.26. The standard InChI is InChI=1S/C10H16O3/c1-8(2)9(6-11)3-4-10(8,5-9)7(12)13/h11H,3-6H2,1-2H3,(H,12,13)/t9-,10-/m0/s1. The van der Waals surface area contributed by atoms with Crippen LogP contribution >= 0.6 is 0 Å². The topological polar surface area (TPSA) is 57.5 Å². The van der Waals surface area contributed by atoms with Gasteiger partial charge in [-0.05, 0) is 24.7 Å². The maximum absolute atomic E-state index is 11.2. The molecule has 0 heterocycles. The average molecular weight is 184 g/mol. The first-order valence-electron chi connectivity index (χ1n) is 4.76. The van der Waals surface area contributed by atoms with Crippen LogP contribution in [0.5, 0.6) is 0 Å². The molecule has 0 saturated heterocycles. The summed E-state index contributed by atoms with van der Waals surface area (Å²) >= 11 is 0. The first kappa shape index (κ1) is 9.00. The van der Waals surface area contributed by atoms with Crippen molar-refractivity contribution in [3.8, 4) is 0 Å². The highest BCUT2D eigenvalue weighted by Gasteiger charge is 2.76. The van der Waals surface area contributed by atoms with Gasteiger partial charge in [-0.25, -0.2) is 0 Å². The van der Waals surface area contributed by atoms with Gasteiger partial charge in [0.1, 0.15) is 0 Å². The van der Waals surface area contributed by atoms with Gasteiger partial charge >= 0.3 is 5.97 Å². The number of carboxylic acids is 1. The van der Waals surface area contributed by atoms with E-state index in [4.69, 9.17) is 0 Å². The van der Waals surface area contributed by atoms with Crippen LogP contribution in [-0.4, -0.2) is 22.8 Å². The van der Waals surface area contributed by atoms with Gasteiger partial charge in [0.05, 0.1) is 5.41 Å². The molecule has 3 aliphatic rings. The van der Waals surface area contributed by atoms with Gasteiger partial charge in [0, 0.05) is 12.0 Å². The molecule has 3 heteroatoms. The van der Waals surface area contributed by atoms with E-state index in [2.05, 4.69) is 0 Å². The van der Waals surface area contributed by atoms with Crippen LogP contribution in [0, 0.1) is 16.2 Å². The van der Waals surface area contributed by atoms with E-state index in [1.165, 1.54) is 0 Å². The van der Waals surface area contributed by atoms with Gasteiger partial charge in [-0.1, -0.05) is 13.8 Å². The Bertz CT molecular complexity index is 271. The molecule has 3 aliphatic carbocycles. The van der Waals surface area contributed by atoms with Crippen molar-refractivity contribution in [2.24, 2.45) is 16.2 Å². The van der Waals surface area contributed by atoms with Crippen molar-refractivity contribution in [3.05, 3.63) is 0 Å². The van der Waals surface area contributed by atoms with E-state index in [1.54, 1.807) is 0 Å². The molecule has 2 atom stereocenters. The highest BCUT2D eigenvalue weighted by Crippen LogP contribution is 2.77. The molecular formula is C10H16O3. The molecular weight excluding hydrogens is 168 g/mol. The van der Waals surface area contributed by atoms with Crippen LogP contribution in [0.2, 0.25) is 0 Å². The molecule has 2 bridgehead atoms. The Morgan fingerprint density at radius 2 is 2.00 bits per heavy atom. The predicted molar refractivity (Wildman–Crippen MR) is 47.2 cm³/mol. The minimum Gasteiger partial charge on any atom is -0.481 e. The molecule has 3 rings (SSSR count). The van der Waals surface area contributed by atoms with E-state index < -0.39 is 11.4 Å². The van der Waals surface area contributed by atoms with Gasteiger partial charge in [-0.15, -0.1) is 0 Å². The lowest BCUT2D eigenvalue weighted by Crippen LogP contribution is -2.61. The van der Waals surface area contributed by atoms with E-state index in [9.17, 15) is 15.0 Å². The van der Waals surface area contributed by atoms with E-state index in [0.717, 1.165) is 12.8 Å². The molecule has 2 N–H and O–H groups in total. The van der Waals surface area contributed by atoms with E-state index in [1.807, 2.05) is 13.8 Å². The molecule has 0 unspecified atom stereocenters. The fourth-order valence-corrected chi connectivity index (χ4v) is 3.46. The first-order valence-corrected chi connectivity index (χ1v) is 4.76. The number of fused-ring (bicyclic) bond motifs is 1. The number of carboxylic acid groups (broad SMARTS) is 1. The summed E-state index contributed by atoms with van der Waals surface area (Å²) in [6.07, 6.45) is 2.26. The molecule has 0 aliphatic heterocycles. The van der Waals surface area contributed by atoms with Gasteiger partial charge in [-0.3, -0.25) is 4.79 Å². The van der Waals surface area contributed by atoms with Crippen molar-refractivity contribution in [1.82, 2.24) is 0 Å². The minimum absolute atomic E-state index is 0.106. The Balaban J connectivity index is 2.38. The van der Waals surface area contributed by atoms with Crippen LogP contribution in [-0.2, 0) is 4.79 Å². The van der Waals surface area contributed by atoms with Gasteiger partial charge < -0.3 is 10.2 Å². The average Bonchev–Trinajstić information content (AvgIpc) is 2.55. The quantitative estimate of drug-likeness (QED) is 0.679. The Morgan fingerprint density at radius 1 is 1.38 bits per heavy atom. The van der Waals surface area contributed by atoms with E-state index in [0.29, 0.717) is 6.42 Å². The van der Waals surface area contributed by atoms with Crippen molar-refractivity contribution >= 4 is 5.97 Å². The highest BCUT2D eigenvalue weighted by atomic mass is 16.4. The number of aliphatic hydroxyl groups excluding tert-OH is 1. The molecule has 3 fully saturated rings. The zero-order valence-corrected chi connectivity index (χ0v) is 8.13. The van der Waals surface area contributed by atoms with Crippen molar-refractivity contribution in [2.45, 2.75) is 33.1 Å². The number of rotatable bonds is 2. The summed E-state index contributed by atoms with van der Waals surface area (Å²) in [4.78, 5) is 11.2. The maximum atomic E-state index is 11.2. The lowest BCUT2D eigenvalue weighted by molar-refractivity contribution is -0.194. The minimum atomic E-state index is -0.681. The Hall–Kier alpha value is -0.570. The van der Waals surface area contributed by atoms with Gasteiger partial charge in [0.15, 0.2) is 0 Å². The lowest BCUT2D eigenvalue weighted by Gasteiger charge is -2.59. The van der Waals surface area contributed by atoms with Crippen LogP contribution in [0.4, 0.5) is 0 Å². The second kappa shape index (κ2) is 2.08. The second-order valence-electron chi connectivity index (χ2n) is 5.13. The fourth-order valence-electron chi connectivity index (χ4n) is 3.46. The van der Waals surface area contributed by atoms with Gasteiger partial charge in [-0.2, -0.15) is 0 Å². The smallest absolute Gasteiger partial charge is 0.310 e. The maximum Gasteiger partial charge on any atom is 0.310 e. The summed E-state index contributed by atoms with van der Waals surface area (Å²) in [6.45, 7) is 4.09. The Labute approximate surface area is 77.8 Å². The van der Waals surface area contributed by atoms with E-state index >= 15 is 0 Å².